The van der Waals surface area contributed by atoms with E-state index in [2.05, 4.69) is 26.7 Å². The molecule has 4 aromatic rings. The monoisotopic (exact) mass is 553 g/mol. The number of ether oxygens (including phenoxy) is 2. The molecular formula is C27H32ClN7O4. The highest BCUT2D eigenvalue weighted by Gasteiger charge is 2.33. The number of halogens is 1. The van der Waals surface area contributed by atoms with Gasteiger partial charge in [-0.3, -0.25) is 4.98 Å². The second-order valence-corrected chi connectivity index (χ2v) is 11.1. The van der Waals surface area contributed by atoms with Gasteiger partial charge in [-0.05, 0) is 49.5 Å². The van der Waals surface area contributed by atoms with Gasteiger partial charge in [0.25, 0.3) is 5.89 Å². The summed E-state index contributed by atoms with van der Waals surface area (Å²) in [6, 6.07) is 1.81. The van der Waals surface area contributed by atoms with Gasteiger partial charge in [0.1, 0.15) is 23.1 Å². The fourth-order valence-electron chi connectivity index (χ4n) is 5.92. The van der Waals surface area contributed by atoms with Crippen LogP contribution in [0, 0.1) is 17.8 Å². The Morgan fingerprint density at radius 2 is 1.92 bits per heavy atom. The van der Waals surface area contributed by atoms with E-state index >= 15 is 0 Å². The second-order valence-electron chi connectivity index (χ2n) is 10.7. The summed E-state index contributed by atoms with van der Waals surface area (Å²) < 4.78 is 19.2. The Morgan fingerprint density at radius 3 is 2.62 bits per heavy atom. The van der Waals surface area contributed by atoms with Gasteiger partial charge in [-0.2, -0.15) is 0 Å². The third-order valence-electron chi connectivity index (χ3n) is 8.02. The number of nitrogens with zero attached hydrogens (tertiary/aromatic N) is 6. The Labute approximate surface area is 230 Å². The van der Waals surface area contributed by atoms with E-state index in [1.807, 2.05) is 6.07 Å². The van der Waals surface area contributed by atoms with Gasteiger partial charge in [-0.15, -0.1) is 5.10 Å². The average Bonchev–Trinajstić information content (AvgIpc) is 3.54. The van der Waals surface area contributed by atoms with Crippen molar-refractivity contribution in [3.63, 3.8) is 0 Å². The van der Waals surface area contributed by atoms with Crippen molar-refractivity contribution in [2.75, 3.05) is 20.3 Å². The van der Waals surface area contributed by atoms with E-state index < -0.39 is 5.76 Å². The number of imidazole rings is 1. The fraction of sp³-hybridized carbons (Fsp3) is 0.556. The quantitative estimate of drug-likeness (QED) is 0.341. The molecule has 11 nitrogen and oxygen atoms in total. The number of methoxy groups -OCH3 is 1. The number of nitrogens with one attached hydrogen (secondary N) is 1. The number of rotatable bonds is 7. The Kier molecular flexibility index (Phi) is 7.46. The third kappa shape index (κ3) is 5.35. The molecule has 2 fully saturated rings. The van der Waals surface area contributed by atoms with Crippen molar-refractivity contribution in [3.8, 4) is 23.0 Å². The molecule has 1 saturated carbocycles. The van der Waals surface area contributed by atoms with E-state index in [-0.39, 0.29) is 23.7 Å². The first kappa shape index (κ1) is 26.1. The molecule has 5 heterocycles. The van der Waals surface area contributed by atoms with Crippen LogP contribution in [0.15, 0.2) is 27.7 Å². The smallest absolute Gasteiger partial charge is 0.384 e. The number of H-pyrrole nitrogens is 1. The summed E-state index contributed by atoms with van der Waals surface area (Å²) in [4.78, 5) is 30.6. The zero-order valence-corrected chi connectivity index (χ0v) is 22.9. The summed E-state index contributed by atoms with van der Waals surface area (Å²) in [6.45, 7) is 4.51. The molecular weight excluding hydrogens is 522 g/mol. The molecule has 1 atom stereocenters. The topological polar surface area (TPSA) is 134 Å². The van der Waals surface area contributed by atoms with Gasteiger partial charge >= 0.3 is 5.76 Å². The molecule has 2 aliphatic rings. The van der Waals surface area contributed by atoms with E-state index in [0.29, 0.717) is 41.1 Å². The van der Waals surface area contributed by atoms with Crippen LogP contribution in [0.2, 0.25) is 5.02 Å². The van der Waals surface area contributed by atoms with Gasteiger partial charge in [0, 0.05) is 44.8 Å². The first-order valence-electron chi connectivity index (χ1n) is 13.6. The average molecular weight is 554 g/mol. The van der Waals surface area contributed by atoms with Crippen LogP contribution >= 0.6 is 11.6 Å². The molecule has 1 N–H and O–H groups in total. The van der Waals surface area contributed by atoms with Crippen molar-refractivity contribution >= 4 is 22.8 Å². The molecule has 39 heavy (non-hydrogen) atoms. The first-order chi connectivity index (χ1) is 19.0. The molecule has 0 spiro atoms. The SMILES string of the molecule is COC(c1nc2nc(-c3n[nH]c(=O)o3)nc(-c3cncc(Cl)c3)c2n1C[C@H]1CC[C@H](C)CC1)C1CCOCC1. The van der Waals surface area contributed by atoms with Gasteiger partial charge in [0.05, 0.1) is 5.02 Å². The van der Waals surface area contributed by atoms with Crippen LogP contribution in [0.1, 0.15) is 57.4 Å². The minimum absolute atomic E-state index is 0.0109. The molecule has 6 rings (SSSR count). The van der Waals surface area contributed by atoms with Crippen molar-refractivity contribution < 1.29 is 13.9 Å². The fourth-order valence-corrected chi connectivity index (χ4v) is 6.09. The van der Waals surface area contributed by atoms with E-state index in [1.54, 1.807) is 19.5 Å². The van der Waals surface area contributed by atoms with E-state index in [0.717, 1.165) is 49.5 Å². The maximum atomic E-state index is 11.7. The van der Waals surface area contributed by atoms with Crippen LogP contribution in [-0.2, 0) is 16.0 Å². The van der Waals surface area contributed by atoms with Crippen molar-refractivity contribution in [1.82, 2.24) is 34.7 Å². The number of pyridine rings is 1. The summed E-state index contributed by atoms with van der Waals surface area (Å²) in [6.07, 6.45) is 9.57. The molecule has 0 radical (unpaired) electrons. The molecule has 1 aliphatic carbocycles. The van der Waals surface area contributed by atoms with Gasteiger partial charge in [0.2, 0.25) is 5.82 Å². The summed E-state index contributed by atoms with van der Waals surface area (Å²) in [5, 5.41) is 6.72. The number of aromatic nitrogens is 7. The highest BCUT2D eigenvalue weighted by Crippen LogP contribution is 2.39. The zero-order chi connectivity index (χ0) is 26.9. The minimum Gasteiger partial charge on any atom is -0.384 e. The number of hydrogen-bond acceptors (Lipinski definition) is 9. The molecule has 0 bridgehead atoms. The van der Waals surface area contributed by atoms with Crippen LogP contribution in [-0.4, -0.2) is 55.0 Å². The Morgan fingerprint density at radius 1 is 1.13 bits per heavy atom. The zero-order valence-electron chi connectivity index (χ0n) is 22.1. The molecule has 0 amide bonds. The predicted octanol–water partition coefficient (Wildman–Crippen LogP) is 4.83. The van der Waals surface area contributed by atoms with Crippen molar-refractivity contribution in [2.45, 2.75) is 58.1 Å². The molecule has 1 aliphatic heterocycles. The number of fused-ring (bicyclic) bond motifs is 1. The van der Waals surface area contributed by atoms with Crippen LogP contribution < -0.4 is 5.76 Å². The summed E-state index contributed by atoms with van der Waals surface area (Å²) >= 11 is 6.36. The van der Waals surface area contributed by atoms with E-state index in [4.69, 9.17) is 40.4 Å². The maximum absolute atomic E-state index is 11.7. The molecule has 1 unspecified atom stereocenters. The molecule has 4 aromatic heterocycles. The van der Waals surface area contributed by atoms with Gasteiger partial charge in [0.15, 0.2) is 5.65 Å². The van der Waals surface area contributed by atoms with Crippen LogP contribution in [0.3, 0.4) is 0 Å². The van der Waals surface area contributed by atoms with Crippen LogP contribution in [0.4, 0.5) is 0 Å². The molecule has 0 aromatic carbocycles. The van der Waals surface area contributed by atoms with E-state index in [1.165, 1.54) is 12.8 Å². The lowest BCUT2D eigenvalue weighted by molar-refractivity contribution is -0.0200. The normalized spacial score (nSPS) is 21.4. The lowest BCUT2D eigenvalue weighted by atomic mass is 9.83. The molecule has 12 heteroatoms. The lowest BCUT2D eigenvalue weighted by Gasteiger charge is -2.31. The third-order valence-corrected chi connectivity index (χ3v) is 8.23. The van der Waals surface area contributed by atoms with Gasteiger partial charge < -0.3 is 18.5 Å². The van der Waals surface area contributed by atoms with Crippen molar-refractivity contribution in [2.24, 2.45) is 17.8 Å². The minimum atomic E-state index is -0.684. The summed E-state index contributed by atoms with van der Waals surface area (Å²) in [5.41, 5.74) is 2.57. The highest BCUT2D eigenvalue weighted by molar-refractivity contribution is 6.30. The predicted molar refractivity (Wildman–Crippen MR) is 144 cm³/mol. The summed E-state index contributed by atoms with van der Waals surface area (Å²) in [5.74, 6) is 1.79. The van der Waals surface area contributed by atoms with Gasteiger partial charge in [-0.25, -0.2) is 24.8 Å². The maximum Gasteiger partial charge on any atom is 0.434 e. The first-order valence-corrected chi connectivity index (χ1v) is 13.9. The highest BCUT2D eigenvalue weighted by atomic mass is 35.5. The lowest BCUT2D eigenvalue weighted by Crippen LogP contribution is -2.27. The Balaban J connectivity index is 1.57. The number of hydrogen-bond donors (Lipinski definition) is 1. The second kappa shape index (κ2) is 11.1. The standard InChI is InChI=1S/C27H32ClN7O4/c1-15-3-5-16(6-4-15)14-35-21-20(18-11-19(28)13-29-12-18)30-24(26-33-34-27(36)39-26)31-23(21)32-25(35)22(37-2)17-7-9-38-10-8-17/h11-13,15-17,22H,3-10,14H2,1-2H3,(H,34,36)/t15-,16-,22?. The number of aromatic amines is 1. The van der Waals surface area contributed by atoms with Crippen LogP contribution in [0.5, 0.6) is 0 Å². The largest absolute Gasteiger partial charge is 0.434 e. The molecule has 206 valence electrons. The summed E-state index contributed by atoms with van der Waals surface area (Å²) in [7, 11) is 1.74. The van der Waals surface area contributed by atoms with E-state index in [9.17, 15) is 4.79 Å². The van der Waals surface area contributed by atoms with Crippen molar-refractivity contribution in [1.29, 1.82) is 0 Å². The molecule has 1 saturated heterocycles. The van der Waals surface area contributed by atoms with Crippen LogP contribution in [0.25, 0.3) is 34.1 Å². The van der Waals surface area contributed by atoms with Crippen molar-refractivity contribution in [3.05, 3.63) is 39.9 Å². The van der Waals surface area contributed by atoms with Gasteiger partial charge in [-0.1, -0.05) is 31.4 Å². The Hall–Kier alpha value is -3.15. The Bertz CT molecular complexity index is 1500.